The number of phenols is 1. The first-order valence-electron chi connectivity index (χ1n) is 9.76. The Morgan fingerprint density at radius 1 is 1.00 bits per heavy atom. The Morgan fingerprint density at radius 3 is 2.32 bits per heavy atom. The summed E-state index contributed by atoms with van der Waals surface area (Å²) in [5.74, 6) is 0.0787. The van der Waals surface area contributed by atoms with Crippen LogP contribution in [0.15, 0.2) is 42.5 Å². The first-order chi connectivity index (χ1) is 13.4. The van der Waals surface area contributed by atoms with Gasteiger partial charge in [0.25, 0.3) is 5.91 Å². The number of nitrogens with one attached hydrogen (secondary N) is 1. The van der Waals surface area contributed by atoms with Gasteiger partial charge in [-0.1, -0.05) is 17.7 Å². The number of carbonyl (C=O) groups is 2. The third-order valence-electron chi connectivity index (χ3n) is 5.85. The largest absolute Gasteiger partial charge is 0.508 e. The van der Waals surface area contributed by atoms with E-state index in [0.717, 1.165) is 43.0 Å². The van der Waals surface area contributed by atoms with Gasteiger partial charge >= 0.3 is 0 Å². The lowest BCUT2D eigenvalue weighted by molar-refractivity contribution is -0.915. The Bertz CT molecular complexity index is 902. The molecule has 0 unspecified atom stereocenters. The molecule has 6 nitrogen and oxygen atoms in total. The van der Waals surface area contributed by atoms with Gasteiger partial charge in [-0.15, -0.1) is 0 Å². The molecule has 0 aromatic heterocycles. The molecule has 2 aliphatic heterocycles. The predicted octanol–water partition coefficient (Wildman–Crippen LogP) is 1.05. The van der Waals surface area contributed by atoms with Crippen molar-refractivity contribution in [2.45, 2.75) is 26.3 Å². The van der Waals surface area contributed by atoms with Crippen LogP contribution in [0.5, 0.6) is 5.75 Å². The molecule has 2 amide bonds. The van der Waals surface area contributed by atoms with Gasteiger partial charge in [-0.2, -0.15) is 0 Å². The zero-order valence-electron chi connectivity index (χ0n) is 16.3. The van der Waals surface area contributed by atoms with E-state index in [9.17, 15) is 14.7 Å². The fourth-order valence-corrected chi connectivity index (χ4v) is 4.32. The zero-order chi connectivity index (χ0) is 19.8. The van der Waals surface area contributed by atoms with Crippen LogP contribution in [0, 0.1) is 13.8 Å². The second-order valence-corrected chi connectivity index (χ2v) is 7.78. The fourth-order valence-electron chi connectivity index (χ4n) is 4.32. The summed E-state index contributed by atoms with van der Waals surface area (Å²) in [5, 5.41) is 9.45. The van der Waals surface area contributed by atoms with Crippen LogP contribution in [-0.2, 0) is 9.59 Å². The summed E-state index contributed by atoms with van der Waals surface area (Å²) in [6.07, 6.45) is 0.278. The minimum Gasteiger partial charge on any atom is -0.508 e. The van der Waals surface area contributed by atoms with Crippen LogP contribution >= 0.6 is 0 Å². The van der Waals surface area contributed by atoms with Gasteiger partial charge < -0.3 is 14.9 Å². The van der Waals surface area contributed by atoms with Crippen molar-refractivity contribution in [3.8, 4) is 5.75 Å². The second-order valence-electron chi connectivity index (χ2n) is 7.78. The van der Waals surface area contributed by atoms with Crippen LogP contribution in [0.3, 0.4) is 0 Å². The van der Waals surface area contributed by atoms with Crippen molar-refractivity contribution in [1.82, 2.24) is 0 Å². The van der Waals surface area contributed by atoms with Crippen molar-refractivity contribution in [2.24, 2.45) is 0 Å². The first kappa shape index (κ1) is 18.5. The number of phenolic OH excluding ortho intramolecular Hbond substituents is 1. The number of quaternary nitrogens is 1. The van der Waals surface area contributed by atoms with Gasteiger partial charge in [0.2, 0.25) is 5.91 Å². The van der Waals surface area contributed by atoms with Crippen LogP contribution in [0.25, 0.3) is 0 Å². The van der Waals surface area contributed by atoms with E-state index < -0.39 is 0 Å². The van der Waals surface area contributed by atoms with E-state index in [1.807, 2.05) is 44.2 Å². The number of nitrogens with zero attached hydrogens (tertiary/aromatic N) is 2. The molecule has 146 valence electrons. The maximum atomic E-state index is 13.1. The van der Waals surface area contributed by atoms with Gasteiger partial charge in [0.05, 0.1) is 38.3 Å². The van der Waals surface area contributed by atoms with Gasteiger partial charge in [-0.25, -0.2) is 4.90 Å². The van der Waals surface area contributed by atoms with Crippen molar-refractivity contribution in [3.05, 3.63) is 53.6 Å². The number of hydrogen-bond acceptors (Lipinski definition) is 4. The third kappa shape index (κ3) is 3.36. The number of amides is 2. The Labute approximate surface area is 165 Å². The van der Waals surface area contributed by atoms with E-state index in [4.69, 9.17) is 0 Å². The van der Waals surface area contributed by atoms with Crippen molar-refractivity contribution in [2.75, 3.05) is 36.0 Å². The summed E-state index contributed by atoms with van der Waals surface area (Å²) in [5.41, 5.74) is 3.86. The van der Waals surface area contributed by atoms with Crippen molar-refractivity contribution in [1.29, 1.82) is 0 Å². The minimum atomic E-state index is -0.296. The topological polar surface area (TPSA) is 65.3 Å². The Hall–Kier alpha value is -2.86. The lowest BCUT2D eigenvalue weighted by atomic mass is 10.1. The predicted molar refractivity (Wildman–Crippen MR) is 108 cm³/mol. The molecule has 0 aliphatic carbocycles. The summed E-state index contributed by atoms with van der Waals surface area (Å²) >= 11 is 0. The molecule has 2 aromatic rings. The van der Waals surface area contributed by atoms with Gasteiger partial charge in [-0.05, 0) is 49.7 Å². The van der Waals surface area contributed by atoms with Gasteiger partial charge in [0.15, 0.2) is 6.04 Å². The van der Waals surface area contributed by atoms with E-state index in [1.54, 1.807) is 12.1 Å². The van der Waals surface area contributed by atoms with E-state index in [1.165, 1.54) is 9.80 Å². The molecule has 2 fully saturated rings. The summed E-state index contributed by atoms with van der Waals surface area (Å²) in [6, 6.07) is 12.7. The number of carbonyl (C=O) groups excluding carboxylic acids is 2. The third-order valence-corrected chi connectivity index (χ3v) is 5.85. The van der Waals surface area contributed by atoms with Crippen molar-refractivity contribution >= 4 is 23.2 Å². The highest BCUT2D eigenvalue weighted by Crippen LogP contribution is 2.26. The molecule has 1 atom stereocenters. The van der Waals surface area contributed by atoms with Gasteiger partial charge in [-0.3, -0.25) is 9.59 Å². The smallest absolute Gasteiger partial charge is 0.292 e. The average Bonchev–Trinajstić information content (AvgIpc) is 2.97. The number of aryl methyl sites for hydroxylation is 2. The molecule has 2 N–H and O–H groups in total. The lowest BCUT2D eigenvalue weighted by Gasteiger charge is -2.35. The molecule has 0 spiro atoms. The number of piperazine rings is 1. The normalized spacial score (nSPS) is 20.9. The monoisotopic (exact) mass is 380 g/mol. The highest BCUT2D eigenvalue weighted by atomic mass is 16.3. The zero-order valence-corrected chi connectivity index (χ0v) is 16.3. The SMILES string of the molecule is Cc1ccc(N2C(=O)C[C@@H]([NH+]3CCN(c4ccc(O)cc4)CC3)C2=O)c(C)c1. The van der Waals surface area contributed by atoms with E-state index in [2.05, 4.69) is 4.90 Å². The molecule has 0 saturated carbocycles. The van der Waals surface area contributed by atoms with E-state index >= 15 is 0 Å². The second kappa shape index (κ2) is 7.28. The lowest BCUT2D eigenvalue weighted by Crippen LogP contribution is -3.19. The van der Waals surface area contributed by atoms with Gasteiger partial charge in [0.1, 0.15) is 5.75 Å². The molecule has 0 bridgehead atoms. The number of rotatable bonds is 3. The number of hydrogen-bond donors (Lipinski definition) is 2. The van der Waals surface area contributed by atoms with E-state index in [0.29, 0.717) is 5.69 Å². The number of benzene rings is 2. The standard InChI is InChI=1S/C22H25N3O3/c1-15-3-8-19(16(2)13-15)25-21(27)14-20(22(25)28)24-11-9-23(10-12-24)17-4-6-18(26)7-5-17/h3-8,13,20,26H,9-12,14H2,1-2H3/p+1/t20-/m1/s1. The Morgan fingerprint density at radius 2 is 1.68 bits per heavy atom. The molecular weight excluding hydrogens is 354 g/mol. The number of imide groups is 1. The molecule has 2 aromatic carbocycles. The molecular formula is C22H26N3O3+. The molecule has 2 aliphatic rings. The summed E-state index contributed by atoms with van der Waals surface area (Å²) < 4.78 is 0. The highest BCUT2D eigenvalue weighted by Gasteiger charge is 2.46. The first-order valence-corrected chi connectivity index (χ1v) is 9.76. The molecule has 2 heterocycles. The molecule has 6 heteroatoms. The summed E-state index contributed by atoms with van der Waals surface area (Å²) in [6.45, 7) is 7.21. The number of anilines is 2. The quantitative estimate of drug-likeness (QED) is 0.782. The van der Waals surface area contributed by atoms with E-state index in [-0.39, 0.29) is 30.0 Å². The highest BCUT2D eigenvalue weighted by molar-refractivity contribution is 6.22. The summed E-state index contributed by atoms with van der Waals surface area (Å²) in [4.78, 5) is 30.6. The van der Waals surface area contributed by atoms with Crippen LogP contribution in [0.4, 0.5) is 11.4 Å². The van der Waals surface area contributed by atoms with Crippen LogP contribution in [0.2, 0.25) is 0 Å². The minimum absolute atomic E-state index is 0.0787. The van der Waals surface area contributed by atoms with Crippen LogP contribution < -0.4 is 14.7 Å². The maximum Gasteiger partial charge on any atom is 0.292 e. The fraction of sp³-hybridized carbons (Fsp3) is 0.364. The maximum absolute atomic E-state index is 13.1. The van der Waals surface area contributed by atoms with Crippen LogP contribution in [0.1, 0.15) is 17.5 Å². The van der Waals surface area contributed by atoms with Crippen LogP contribution in [-0.4, -0.2) is 49.1 Å². The average molecular weight is 380 g/mol. The molecule has 0 radical (unpaired) electrons. The van der Waals surface area contributed by atoms with Crippen molar-refractivity contribution in [3.63, 3.8) is 0 Å². The number of aromatic hydroxyl groups is 1. The molecule has 28 heavy (non-hydrogen) atoms. The molecule has 2 saturated heterocycles. The van der Waals surface area contributed by atoms with Gasteiger partial charge in [0, 0.05) is 5.69 Å². The Kier molecular flexibility index (Phi) is 4.81. The van der Waals surface area contributed by atoms with Crippen molar-refractivity contribution < 1.29 is 19.6 Å². The Balaban J connectivity index is 1.45. The summed E-state index contributed by atoms with van der Waals surface area (Å²) in [7, 11) is 0. The molecule has 4 rings (SSSR count).